The molecular weight excluding hydrogens is 356 g/mol. The van der Waals surface area contributed by atoms with E-state index in [2.05, 4.69) is 15.3 Å². The van der Waals surface area contributed by atoms with E-state index < -0.39 is 0 Å². The van der Waals surface area contributed by atoms with E-state index in [1.54, 1.807) is 11.8 Å². The number of hydrogen-bond donors (Lipinski definition) is 2. The average Bonchev–Trinajstić information content (AvgIpc) is 2.61. The molecule has 1 aromatic carbocycles. The molecule has 1 aromatic heterocycles. The molecular formula is C18H21ClN4O3. The molecule has 2 heterocycles. The van der Waals surface area contributed by atoms with Crippen LogP contribution >= 0.6 is 11.6 Å². The van der Waals surface area contributed by atoms with Gasteiger partial charge in [-0.2, -0.15) is 0 Å². The first-order chi connectivity index (χ1) is 12.5. The van der Waals surface area contributed by atoms with Crippen LogP contribution in [0.15, 0.2) is 35.1 Å². The molecule has 26 heavy (non-hydrogen) atoms. The lowest BCUT2D eigenvalue weighted by atomic mass is 10.1. The molecule has 2 aromatic rings. The van der Waals surface area contributed by atoms with Gasteiger partial charge >= 0.3 is 6.03 Å². The van der Waals surface area contributed by atoms with Crippen LogP contribution in [0.4, 0.5) is 4.79 Å². The van der Waals surface area contributed by atoms with Gasteiger partial charge in [0.05, 0.1) is 13.2 Å². The Hall–Kier alpha value is -2.38. The van der Waals surface area contributed by atoms with Crippen LogP contribution in [0.3, 0.4) is 0 Å². The van der Waals surface area contributed by atoms with E-state index in [9.17, 15) is 9.59 Å². The van der Waals surface area contributed by atoms with E-state index in [0.29, 0.717) is 49.2 Å². The summed E-state index contributed by atoms with van der Waals surface area (Å²) >= 11 is 5.91. The minimum Gasteiger partial charge on any atom is -0.370 e. The Balaban J connectivity index is 1.52. The second-order valence-electron chi connectivity index (χ2n) is 6.17. The first-order valence-electron chi connectivity index (χ1n) is 8.48. The van der Waals surface area contributed by atoms with Crippen molar-refractivity contribution in [2.75, 3.05) is 26.2 Å². The summed E-state index contributed by atoms with van der Waals surface area (Å²) in [7, 11) is 0. The number of hydrogen-bond acceptors (Lipinski definition) is 4. The van der Waals surface area contributed by atoms with Gasteiger partial charge in [0, 0.05) is 36.3 Å². The van der Waals surface area contributed by atoms with Gasteiger partial charge in [0.15, 0.2) is 0 Å². The smallest absolute Gasteiger partial charge is 0.317 e. The summed E-state index contributed by atoms with van der Waals surface area (Å²) < 4.78 is 5.77. The first-order valence-corrected chi connectivity index (χ1v) is 8.86. The molecule has 0 saturated carbocycles. The SMILES string of the molecule is Cc1cc(=O)[nH]c(CCNC(=O)N2CCO[C@@H](c3ccc(Cl)cc3)C2)n1. The van der Waals surface area contributed by atoms with Crippen molar-refractivity contribution in [3.63, 3.8) is 0 Å². The maximum atomic E-state index is 12.4. The van der Waals surface area contributed by atoms with Gasteiger partial charge in [0.1, 0.15) is 11.9 Å². The van der Waals surface area contributed by atoms with Gasteiger partial charge in [0.2, 0.25) is 0 Å². The zero-order chi connectivity index (χ0) is 18.5. The second-order valence-corrected chi connectivity index (χ2v) is 6.61. The Kier molecular flexibility index (Phi) is 5.90. The van der Waals surface area contributed by atoms with Gasteiger partial charge in [-0.25, -0.2) is 9.78 Å². The van der Waals surface area contributed by atoms with Crippen LogP contribution in [-0.4, -0.2) is 47.1 Å². The van der Waals surface area contributed by atoms with E-state index in [0.717, 1.165) is 5.56 Å². The van der Waals surface area contributed by atoms with Gasteiger partial charge in [-0.1, -0.05) is 23.7 Å². The number of aryl methyl sites for hydroxylation is 1. The van der Waals surface area contributed by atoms with Crippen LogP contribution < -0.4 is 10.9 Å². The van der Waals surface area contributed by atoms with Crippen LogP contribution in [-0.2, 0) is 11.2 Å². The van der Waals surface area contributed by atoms with Crippen LogP contribution in [0.2, 0.25) is 5.02 Å². The highest BCUT2D eigenvalue weighted by molar-refractivity contribution is 6.30. The van der Waals surface area contributed by atoms with Crippen molar-refractivity contribution in [3.8, 4) is 0 Å². The fourth-order valence-electron chi connectivity index (χ4n) is 2.87. The number of urea groups is 1. The molecule has 7 nitrogen and oxygen atoms in total. The summed E-state index contributed by atoms with van der Waals surface area (Å²) in [5, 5.41) is 3.54. The highest BCUT2D eigenvalue weighted by atomic mass is 35.5. The van der Waals surface area contributed by atoms with Crippen LogP contribution in [0, 0.1) is 6.92 Å². The fraction of sp³-hybridized carbons (Fsp3) is 0.389. The number of halogens is 1. The molecule has 2 N–H and O–H groups in total. The number of ether oxygens (including phenoxy) is 1. The van der Waals surface area contributed by atoms with Gasteiger partial charge in [-0.15, -0.1) is 0 Å². The normalized spacial score (nSPS) is 17.2. The Morgan fingerprint density at radius 1 is 1.42 bits per heavy atom. The van der Waals surface area contributed by atoms with Crippen LogP contribution in [0.1, 0.15) is 23.2 Å². The van der Waals surface area contributed by atoms with Gasteiger partial charge < -0.3 is 19.9 Å². The van der Waals surface area contributed by atoms with E-state index in [4.69, 9.17) is 16.3 Å². The topological polar surface area (TPSA) is 87.3 Å². The summed E-state index contributed by atoms with van der Waals surface area (Å²) in [4.78, 5) is 32.5. The molecule has 0 spiro atoms. The van der Waals surface area contributed by atoms with Crippen LogP contribution in [0.5, 0.6) is 0 Å². The van der Waals surface area contributed by atoms with Crippen LogP contribution in [0.25, 0.3) is 0 Å². The zero-order valence-electron chi connectivity index (χ0n) is 14.5. The predicted octanol–water partition coefficient (Wildman–Crippen LogP) is 2.06. The molecule has 1 saturated heterocycles. The van der Waals surface area contributed by atoms with Crippen molar-refractivity contribution in [1.82, 2.24) is 20.2 Å². The quantitative estimate of drug-likeness (QED) is 0.855. The molecule has 8 heteroatoms. The number of H-pyrrole nitrogens is 1. The van der Waals surface area contributed by atoms with Gasteiger partial charge in [0.25, 0.3) is 5.56 Å². The fourth-order valence-corrected chi connectivity index (χ4v) is 3.00. The number of carbonyl (C=O) groups is 1. The summed E-state index contributed by atoms with van der Waals surface area (Å²) in [5.74, 6) is 0.566. The van der Waals surface area contributed by atoms with Gasteiger partial charge in [-0.05, 0) is 24.6 Å². The molecule has 0 aliphatic carbocycles. The molecule has 1 aliphatic rings. The third-order valence-electron chi connectivity index (χ3n) is 4.15. The third kappa shape index (κ3) is 4.83. The number of nitrogens with zero attached hydrogens (tertiary/aromatic N) is 2. The number of amides is 2. The van der Waals surface area contributed by atoms with Gasteiger partial charge in [-0.3, -0.25) is 4.79 Å². The van der Waals surface area contributed by atoms with E-state index in [1.165, 1.54) is 6.07 Å². The highest BCUT2D eigenvalue weighted by Gasteiger charge is 2.25. The second kappa shape index (κ2) is 8.33. The number of aromatic nitrogens is 2. The van der Waals surface area contributed by atoms with E-state index in [-0.39, 0.29) is 17.7 Å². The summed E-state index contributed by atoms with van der Waals surface area (Å²) in [6.45, 7) is 3.66. The van der Waals surface area contributed by atoms with Crippen molar-refractivity contribution < 1.29 is 9.53 Å². The minimum absolute atomic E-state index is 0.151. The van der Waals surface area contributed by atoms with Crippen molar-refractivity contribution in [2.24, 2.45) is 0 Å². The largest absolute Gasteiger partial charge is 0.370 e. The summed E-state index contributed by atoms with van der Waals surface area (Å²) in [5.41, 5.74) is 1.47. The molecule has 1 aliphatic heterocycles. The molecule has 1 atom stereocenters. The number of morpholine rings is 1. The molecule has 0 radical (unpaired) electrons. The Morgan fingerprint density at radius 3 is 2.92 bits per heavy atom. The minimum atomic E-state index is -0.183. The third-order valence-corrected chi connectivity index (χ3v) is 4.40. The number of benzene rings is 1. The molecule has 0 unspecified atom stereocenters. The van der Waals surface area contributed by atoms with Crippen molar-refractivity contribution in [1.29, 1.82) is 0 Å². The summed E-state index contributed by atoms with van der Waals surface area (Å²) in [6.07, 6.45) is 0.301. The standard InChI is InChI=1S/C18H21ClN4O3/c1-12-10-17(24)22-16(21-12)6-7-20-18(25)23-8-9-26-15(11-23)13-2-4-14(19)5-3-13/h2-5,10,15H,6-9,11H2,1H3,(H,20,25)(H,21,22,24)/t15-/m1/s1. The Bertz CT molecular complexity index is 822. The lowest BCUT2D eigenvalue weighted by Crippen LogP contribution is -2.47. The van der Waals surface area contributed by atoms with Crippen molar-refractivity contribution in [2.45, 2.75) is 19.4 Å². The number of nitrogens with one attached hydrogen (secondary N) is 2. The number of carbonyl (C=O) groups excluding carboxylic acids is 1. The zero-order valence-corrected chi connectivity index (χ0v) is 15.3. The maximum absolute atomic E-state index is 12.4. The highest BCUT2D eigenvalue weighted by Crippen LogP contribution is 2.23. The summed E-state index contributed by atoms with van der Waals surface area (Å²) in [6, 6.07) is 8.74. The number of rotatable bonds is 4. The Morgan fingerprint density at radius 2 is 2.19 bits per heavy atom. The van der Waals surface area contributed by atoms with Crippen molar-refractivity contribution in [3.05, 3.63) is 62.8 Å². The molecule has 138 valence electrons. The maximum Gasteiger partial charge on any atom is 0.317 e. The Labute approximate surface area is 156 Å². The molecule has 2 amide bonds. The lowest BCUT2D eigenvalue weighted by molar-refractivity contribution is -0.0154. The first kappa shape index (κ1) is 18.4. The van der Waals surface area contributed by atoms with Crippen molar-refractivity contribution >= 4 is 17.6 Å². The molecule has 0 bridgehead atoms. The average molecular weight is 377 g/mol. The molecule has 3 rings (SSSR count). The lowest BCUT2D eigenvalue weighted by Gasteiger charge is -2.33. The van der Waals surface area contributed by atoms with E-state index in [1.807, 2.05) is 24.3 Å². The monoisotopic (exact) mass is 376 g/mol. The molecule has 1 fully saturated rings. The number of aromatic amines is 1. The van der Waals surface area contributed by atoms with E-state index >= 15 is 0 Å². The predicted molar refractivity (Wildman–Crippen MR) is 98.4 cm³/mol.